The molecule has 0 aromatic carbocycles. The molecule has 0 aromatic heterocycles. The predicted molar refractivity (Wildman–Crippen MR) is 126 cm³/mol. The van der Waals surface area contributed by atoms with E-state index in [1.807, 2.05) is 7.05 Å². The Morgan fingerprint density at radius 1 is 1.19 bits per heavy atom. The van der Waals surface area contributed by atoms with E-state index in [1.165, 1.54) is 45.1 Å². The van der Waals surface area contributed by atoms with Crippen LogP contribution in [0.4, 0.5) is 0 Å². The van der Waals surface area contributed by atoms with Crippen LogP contribution in [0.25, 0.3) is 0 Å². The molecule has 0 radical (unpaired) electrons. The Morgan fingerprint density at radius 3 is 2.48 bits per heavy atom. The van der Waals surface area contributed by atoms with Crippen LogP contribution in [0, 0.1) is 5.92 Å². The average molecular weight is 495 g/mol. The number of halogens is 1. The molecule has 1 aliphatic heterocycles. The zero-order valence-electron chi connectivity index (χ0n) is 18.1. The fourth-order valence-corrected chi connectivity index (χ4v) is 4.48. The lowest BCUT2D eigenvalue weighted by Crippen LogP contribution is -2.50. The largest absolute Gasteiger partial charge is 0.373 e. The number of ether oxygens (including phenoxy) is 1. The third-order valence-corrected chi connectivity index (χ3v) is 6.15. The lowest BCUT2D eigenvalue weighted by Gasteiger charge is -2.38. The molecule has 0 spiro atoms. The fourth-order valence-electron chi connectivity index (χ4n) is 4.48. The first-order valence-corrected chi connectivity index (χ1v) is 11.0. The van der Waals surface area contributed by atoms with Crippen molar-refractivity contribution in [2.45, 2.75) is 71.3 Å². The van der Waals surface area contributed by atoms with Crippen molar-refractivity contribution in [1.29, 1.82) is 0 Å². The first-order valence-electron chi connectivity index (χ1n) is 11.0. The van der Waals surface area contributed by atoms with Gasteiger partial charge in [0.05, 0.1) is 5.60 Å². The van der Waals surface area contributed by atoms with Crippen molar-refractivity contribution in [3.8, 4) is 0 Å². The molecule has 1 aliphatic carbocycles. The summed E-state index contributed by atoms with van der Waals surface area (Å²) in [5.41, 5.74) is 0.0184. The molecule has 0 bridgehead atoms. The van der Waals surface area contributed by atoms with Crippen LogP contribution in [0.5, 0.6) is 0 Å². The topological polar surface area (TPSA) is 40.1 Å². The van der Waals surface area contributed by atoms with Crippen molar-refractivity contribution in [1.82, 2.24) is 15.1 Å². The van der Waals surface area contributed by atoms with Crippen LogP contribution in [0.2, 0.25) is 0 Å². The van der Waals surface area contributed by atoms with Gasteiger partial charge in [-0.25, -0.2) is 0 Å². The molecular weight excluding hydrogens is 451 g/mol. The van der Waals surface area contributed by atoms with E-state index in [1.54, 1.807) is 0 Å². The highest BCUT2D eigenvalue weighted by molar-refractivity contribution is 14.0. The monoisotopic (exact) mass is 494 g/mol. The van der Waals surface area contributed by atoms with Gasteiger partial charge in [0.25, 0.3) is 0 Å². The summed E-state index contributed by atoms with van der Waals surface area (Å²) < 4.78 is 6.34. The minimum Gasteiger partial charge on any atom is -0.373 e. The summed E-state index contributed by atoms with van der Waals surface area (Å²) >= 11 is 0. The number of likely N-dealkylation sites (tertiary alicyclic amines) is 1. The minimum atomic E-state index is 0. The van der Waals surface area contributed by atoms with Crippen molar-refractivity contribution in [2.75, 3.05) is 52.9 Å². The molecule has 0 amide bonds. The lowest BCUT2D eigenvalue weighted by atomic mass is 9.84. The highest BCUT2D eigenvalue weighted by Crippen LogP contribution is 2.31. The standard InChI is InChI=1S/C21H42N4O.HI/c1-5-15-26-21(12-9-8-10-13-21)18-23-20(22-4)25-14-11-19(17-25)16-24(6-2)7-3;/h19H,5-18H2,1-4H3,(H,22,23);1H. The lowest BCUT2D eigenvalue weighted by molar-refractivity contribution is -0.0659. The van der Waals surface area contributed by atoms with Crippen molar-refractivity contribution in [3.05, 3.63) is 0 Å². The van der Waals surface area contributed by atoms with Crippen molar-refractivity contribution in [3.63, 3.8) is 0 Å². The molecule has 27 heavy (non-hydrogen) atoms. The van der Waals surface area contributed by atoms with Gasteiger partial charge < -0.3 is 19.9 Å². The van der Waals surface area contributed by atoms with Gasteiger partial charge in [0.15, 0.2) is 5.96 Å². The van der Waals surface area contributed by atoms with Crippen LogP contribution in [-0.2, 0) is 4.74 Å². The number of rotatable bonds is 9. The molecule has 0 aromatic rings. The third kappa shape index (κ3) is 7.69. The second-order valence-electron chi connectivity index (χ2n) is 8.08. The minimum absolute atomic E-state index is 0. The van der Waals surface area contributed by atoms with Crippen LogP contribution in [0.3, 0.4) is 0 Å². The average Bonchev–Trinajstić information content (AvgIpc) is 3.14. The molecule has 6 heteroatoms. The number of hydrogen-bond acceptors (Lipinski definition) is 3. The predicted octanol–water partition coefficient (Wildman–Crippen LogP) is 3.97. The Kier molecular flexibility index (Phi) is 12.2. The summed E-state index contributed by atoms with van der Waals surface area (Å²) in [5, 5.41) is 3.67. The summed E-state index contributed by atoms with van der Waals surface area (Å²) in [7, 11) is 1.92. The van der Waals surface area contributed by atoms with Crippen LogP contribution in [0.15, 0.2) is 4.99 Å². The smallest absolute Gasteiger partial charge is 0.193 e. The van der Waals surface area contributed by atoms with Gasteiger partial charge in [-0.3, -0.25) is 4.99 Å². The summed E-state index contributed by atoms with van der Waals surface area (Å²) in [4.78, 5) is 9.57. The third-order valence-electron chi connectivity index (χ3n) is 6.15. The first-order chi connectivity index (χ1) is 12.7. The molecular formula is C21H43IN4O. The second kappa shape index (κ2) is 13.2. The Bertz CT molecular complexity index is 422. The highest BCUT2D eigenvalue weighted by atomic mass is 127. The van der Waals surface area contributed by atoms with Gasteiger partial charge in [-0.15, -0.1) is 24.0 Å². The highest BCUT2D eigenvalue weighted by Gasteiger charge is 2.34. The van der Waals surface area contributed by atoms with E-state index in [-0.39, 0.29) is 29.6 Å². The Balaban J connectivity index is 0.00000364. The van der Waals surface area contributed by atoms with Crippen LogP contribution in [0.1, 0.15) is 65.7 Å². The fraction of sp³-hybridized carbons (Fsp3) is 0.952. The van der Waals surface area contributed by atoms with E-state index in [2.05, 4.69) is 40.9 Å². The molecule has 2 rings (SSSR count). The van der Waals surface area contributed by atoms with Crippen molar-refractivity contribution in [2.24, 2.45) is 10.9 Å². The van der Waals surface area contributed by atoms with Gasteiger partial charge in [0.1, 0.15) is 0 Å². The first kappa shape index (κ1) is 25.0. The normalized spacial score (nSPS) is 22.8. The number of nitrogens with one attached hydrogen (secondary N) is 1. The molecule has 160 valence electrons. The molecule has 1 atom stereocenters. The van der Waals surface area contributed by atoms with Gasteiger partial charge in [-0.2, -0.15) is 0 Å². The molecule has 1 saturated heterocycles. The summed E-state index contributed by atoms with van der Waals surface area (Å²) in [6, 6.07) is 0. The van der Waals surface area contributed by atoms with Gasteiger partial charge in [-0.05, 0) is 44.7 Å². The maximum absolute atomic E-state index is 6.34. The summed E-state index contributed by atoms with van der Waals surface area (Å²) in [6.45, 7) is 14.2. The van der Waals surface area contributed by atoms with E-state index in [4.69, 9.17) is 4.74 Å². The van der Waals surface area contributed by atoms with E-state index in [0.717, 1.165) is 57.6 Å². The zero-order chi connectivity index (χ0) is 18.8. The number of nitrogens with zero attached hydrogens (tertiary/aromatic N) is 3. The van der Waals surface area contributed by atoms with E-state index in [0.29, 0.717) is 0 Å². The Labute approximate surface area is 184 Å². The zero-order valence-corrected chi connectivity index (χ0v) is 20.5. The Hall–Kier alpha value is -0.0800. The number of guanidine groups is 1. The molecule has 2 fully saturated rings. The van der Waals surface area contributed by atoms with Gasteiger partial charge >= 0.3 is 0 Å². The van der Waals surface area contributed by atoms with Gasteiger partial charge in [-0.1, -0.05) is 40.0 Å². The van der Waals surface area contributed by atoms with Crippen LogP contribution >= 0.6 is 24.0 Å². The van der Waals surface area contributed by atoms with E-state index in [9.17, 15) is 0 Å². The summed E-state index contributed by atoms with van der Waals surface area (Å²) in [5.74, 6) is 1.82. The maximum atomic E-state index is 6.34. The van der Waals surface area contributed by atoms with Crippen LogP contribution in [-0.4, -0.2) is 74.3 Å². The van der Waals surface area contributed by atoms with E-state index < -0.39 is 0 Å². The SMILES string of the molecule is CCCOC1(CNC(=NC)N2CCC(CN(CC)CC)C2)CCCCC1.I. The molecule has 1 heterocycles. The van der Waals surface area contributed by atoms with Crippen LogP contribution < -0.4 is 5.32 Å². The second-order valence-corrected chi connectivity index (χ2v) is 8.08. The number of aliphatic imine (C=N–C) groups is 1. The Morgan fingerprint density at radius 2 is 1.89 bits per heavy atom. The molecule has 1 unspecified atom stereocenters. The van der Waals surface area contributed by atoms with E-state index >= 15 is 0 Å². The molecule has 1 saturated carbocycles. The summed E-state index contributed by atoms with van der Waals surface area (Å²) in [6.07, 6.45) is 8.66. The maximum Gasteiger partial charge on any atom is 0.193 e. The molecule has 2 aliphatic rings. The van der Waals surface area contributed by atoms with Gasteiger partial charge in [0.2, 0.25) is 0 Å². The molecule has 5 nitrogen and oxygen atoms in total. The van der Waals surface area contributed by atoms with Gasteiger partial charge in [0, 0.05) is 39.8 Å². The van der Waals surface area contributed by atoms with Crippen molar-refractivity contribution < 1.29 is 4.74 Å². The number of hydrogen-bond donors (Lipinski definition) is 1. The quantitative estimate of drug-likeness (QED) is 0.299. The molecule has 1 N–H and O–H groups in total. The van der Waals surface area contributed by atoms with Crippen molar-refractivity contribution >= 4 is 29.9 Å².